The van der Waals surface area contributed by atoms with Crippen molar-refractivity contribution in [1.82, 2.24) is 0 Å². The minimum atomic E-state index is 0.129. The van der Waals surface area contributed by atoms with Crippen LogP contribution in [0.5, 0.6) is 0 Å². The Labute approximate surface area is 134 Å². The van der Waals surface area contributed by atoms with Crippen LogP contribution in [0.2, 0.25) is 10.0 Å². The third-order valence-corrected chi connectivity index (χ3v) is 4.73. The maximum absolute atomic E-state index is 12.4. The molecule has 0 aromatic heterocycles. The molecule has 0 unspecified atom stereocenters. The molecule has 0 saturated heterocycles. The number of fused-ring (bicyclic) bond motifs is 1. The molecule has 2 aromatic carbocycles. The Morgan fingerprint density at radius 2 is 1.86 bits per heavy atom. The topological polar surface area (TPSA) is 17.1 Å². The van der Waals surface area contributed by atoms with Crippen molar-refractivity contribution in [2.24, 2.45) is 0 Å². The number of Topliss-reactive ketones (excluding diaryl/α,β-unsaturated/α-hetero) is 1. The summed E-state index contributed by atoms with van der Waals surface area (Å²) in [5.74, 6) is 0.268. The van der Waals surface area contributed by atoms with Crippen molar-refractivity contribution >= 4 is 29.0 Å². The van der Waals surface area contributed by atoms with Crippen LogP contribution in [0.25, 0.3) is 0 Å². The second kappa shape index (κ2) is 5.67. The SMILES string of the molecule is C/C=C1/C[C@@H](c2ccc(Cl)c(Cl)c2)c2ccccc2C1=O. The van der Waals surface area contributed by atoms with Gasteiger partial charge >= 0.3 is 0 Å². The molecule has 3 rings (SSSR count). The molecule has 1 aliphatic carbocycles. The van der Waals surface area contributed by atoms with Crippen molar-refractivity contribution in [3.8, 4) is 0 Å². The third kappa shape index (κ3) is 2.52. The van der Waals surface area contributed by atoms with Gasteiger partial charge in [-0.1, -0.05) is 59.6 Å². The van der Waals surface area contributed by atoms with Crippen molar-refractivity contribution in [3.05, 3.63) is 80.8 Å². The number of carbonyl (C=O) groups excluding carboxylic acids is 1. The lowest BCUT2D eigenvalue weighted by Crippen LogP contribution is -2.19. The van der Waals surface area contributed by atoms with E-state index in [1.807, 2.05) is 55.5 Å². The molecule has 1 aliphatic rings. The fraction of sp³-hybridized carbons (Fsp3) is 0.167. The highest BCUT2D eigenvalue weighted by Crippen LogP contribution is 2.40. The fourth-order valence-corrected chi connectivity index (χ4v) is 3.19. The van der Waals surface area contributed by atoms with Gasteiger partial charge in [0.2, 0.25) is 0 Å². The van der Waals surface area contributed by atoms with E-state index < -0.39 is 0 Å². The zero-order valence-corrected chi connectivity index (χ0v) is 13.1. The van der Waals surface area contributed by atoms with Crippen LogP contribution < -0.4 is 0 Å². The molecule has 2 aromatic rings. The first kappa shape index (κ1) is 14.4. The van der Waals surface area contributed by atoms with Gasteiger partial charge in [0.05, 0.1) is 10.0 Å². The predicted molar refractivity (Wildman–Crippen MR) is 87.5 cm³/mol. The highest BCUT2D eigenvalue weighted by atomic mass is 35.5. The number of hydrogen-bond donors (Lipinski definition) is 0. The van der Waals surface area contributed by atoms with Gasteiger partial charge in [-0.05, 0) is 42.2 Å². The van der Waals surface area contributed by atoms with E-state index in [1.54, 1.807) is 0 Å². The van der Waals surface area contributed by atoms with Crippen molar-refractivity contribution in [2.45, 2.75) is 19.3 Å². The van der Waals surface area contributed by atoms with Crippen LogP contribution >= 0.6 is 23.2 Å². The normalized spacial score (nSPS) is 19.7. The van der Waals surface area contributed by atoms with Crippen molar-refractivity contribution in [2.75, 3.05) is 0 Å². The number of hydrogen-bond acceptors (Lipinski definition) is 1. The summed E-state index contributed by atoms with van der Waals surface area (Å²) in [6, 6.07) is 13.5. The van der Waals surface area contributed by atoms with Crippen LogP contribution in [0.1, 0.15) is 40.7 Å². The van der Waals surface area contributed by atoms with Gasteiger partial charge in [-0.3, -0.25) is 4.79 Å². The smallest absolute Gasteiger partial charge is 0.189 e. The molecule has 106 valence electrons. The lowest BCUT2D eigenvalue weighted by atomic mass is 9.76. The van der Waals surface area contributed by atoms with E-state index in [4.69, 9.17) is 23.2 Å². The Hall–Kier alpha value is -1.57. The summed E-state index contributed by atoms with van der Waals surface area (Å²) in [6.45, 7) is 1.91. The summed E-state index contributed by atoms with van der Waals surface area (Å²) in [7, 11) is 0. The van der Waals surface area contributed by atoms with Gasteiger partial charge in [-0.2, -0.15) is 0 Å². The van der Waals surface area contributed by atoms with Crippen LogP contribution in [-0.2, 0) is 0 Å². The molecule has 0 fully saturated rings. The Bertz CT molecular complexity index is 747. The number of ketones is 1. The zero-order chi connectivity index (χ0) is 15.0. The summed E-state index contributed by atoms with van der Waals surface area (Å²) in [4.78, 5) is 12.4. The molecule has 0 amide bonds. The van der Waals surface area contributed by atoms with Gasteiger partial charge in [0.1, 0.15) is 0 Å². The Balaban J connectivity index is 2.16. The maximum Gasteiger partial charge on any atom is 0.189 e. The second-order valence-electron chi connectivity index (χ2n) is 5.16. The molecule has 21 heavy (non-hydrogen) atoms. The highest BCUT2D eigenvalue weighted by molar-refractivity contribution is 6.42. The quantitative estimate of drug-likeness (QED) is 0.620. The molecule has 0 N–H and O–H groups in total. The van der Waals surface area contributed by atoms with Gasteiger partial charge in [-0.15, -0.1) is 0 Å². The van der Waals surface area contributed by atoms with E-state index in [0.29, 0.717) is 16.5 Å². The van der Waals surface area contributed by atoms with Crippen molar-refractivity contribution < 1.29 is 4.79 Å². The largest absolute Gasteiger partial charge is 0.289 e. The Morgan fingerprint density at radius 1 is 1.10 bits per heavy atom. The molecular weight excluding hydrogens is 303 g/mol. The summed E-state index contributed by atoms with van der Waals surface area (Å²) in [5, 5.41) is 1.09. The molecule has 0 spiro atoms. The summed E-state index contributed by atoms with van der Waals surface area (Å²) in [6.07, 6.45) is 2.60. The summed E-state index contributed by atoms with van der Waals surface area (Å²) >= 11 is 12.1. The summed E-state index contributed by atoms with van der Waals surface area (Å²) in [5.41, 5.74) is 3.79. The molecule has 0 saturated carbocycles. The first-order chi connectivity index (χ1) is 10.1. The second-order valence-corrected chi connectivity index (χ2v) is 5.97. The Kier molecular flexibility index (Phi) is 3.88. The summed E-state index contributed by atoms with van der Waals surface area (Å²) < 4.78 is 0. The van der Waals surface area contributed by atoms with Crippen LogP contribution in [0.4, 0.5) is 0 Å². The lowest BCUT2D eigenvalue weighted by Gasteiger charge is -2.27. The molecule has 1 nitrogen and oxygen atoms in total. The first-order valence-electron chi connectivity index (χ1n) is 6.85. The molecule has 0 radical (unpaired) electrons. The number of rotatable bonds is 1. The maximum atomic E-state index is 12.4. The Morgan fingerprint density at radius 3 is 2.57 bits per heavy atom. The zero-order valence-electron chi connectivity index (χ0n) is 11.6. The fourth-order valence-electron chi connectivity index (χ4n) is 2.88. The number of allylic oxidation sites excluding steroid dienone is 2. The molecule has 3 heteroatoms. The van der Waals surface area contributed by atoms with Crippen LogP contribution in [0.3, 0.4) is 0 Å². The molecule has 0 aliphatic heterocycles. The van der Waals surface area contributed by atoms with Crippen LogP contribution in [-0.4, -0.2) is 5.78 Å². The van der Waals surface area contributed by atoms with E-state index in [1.165, 1.54) is 0 Å². The van der Waals surface area contributed by atoms with E-state index in [2.05, 4.69) is 0 Å². The van der Waals surface area contributed by atoms with E-state index >= 15 is 0 Å². The van der Waals surface area contributed by atoms with Gasteiger partial charge in [0.25, 0.3) is 0 Å². The van der Waals surface area contributed by atoms with E-state index in [9.17, 15) is 4.79 Å². The first-order valence-corrected chi connectivity index (χ1v) is 7.61. The van der Waals surface area contributed by atoms with E-state index in [0.717, 1.165) is 22.3 Å². The molecular formula is C18H14Cl2O. The van der Waals surface area contributed by atoms with Gasteiger partial charge < -0.3 is 0 Å². The highest BCUT2D eigenvalue weighted by Gasteiger charge is 2.29. The average Bonchev–Trinajstić information content (AvgIpc) is 2.51. The molecule has 0 heterocycles. The van der Waals surface area contributed by atoms with Gasteiger partial charge in [-0.25, -0.2) is 0 Å². The monoisotopic (exact) mass is 316 g/mol. The van der Waals surface area contributed by atoms with Gasteiger partial charge in [0.15, 0.2) is 5.78 Å². The number of carbonyl (C=O) groups is 1. The van der Waals surface area contributed by atoms with Crippen LogP contribution in [0.15, 0.2) is 54.1 Å². The van der Waals surface area contributed by atoms with Crippen molar-refractivity contribution in [1.29, 1.82) is 0 Å². The number of benzene rings is 2. The molecule has 1 atom stereocenters. The van der Waals surface area contributed by atoms with Crippen molar-refractivity contribution in [3.63, 3.8) is 0 Å². The lowest BCUT2D eigenvalue weighted by molar-refractivity contribution is 0.102. The third-order valence-electron chi connectivity index (χ3n) is 3.99. The predicted octanol–water partition coefficient (Wildman–Crippen LogP) is 5.66. The average molecular weight is 317 g/mol. The van der Waals surface area contributed by atoms with Crippen LogP contribution in [0, 0.1) is 0 Å². The molecule has 0 bridgehead atoms. The van der Waals surface area contributed by atoms with E-state index in [-0.39, 0.29) is 11.7 Å². The number of halogens is 2. The minimum absolute atomic E-state index is 0.129. The van der Waals surface area contributed by atoms with Gasteiger partial charge in [0, 0.05) is 11.5 Å². The standard InChI is InChI=1S/C18H14Cl2O/c1-2-11-9-15(12-7-8-16(19)17(20)10-12)13-5-3-4-6-14(13)18(11)21/h2-8,10,15H,9H2,1H3/b11-2-/t15-/m0/s1. The minimum Gasteiger partial charge on any atom is -0.289 e.